The van der Waals surface area contributed by atoms with E-state index < -0.39 is 0 Å². The quantitative estimate of drug-likeness (QED) is 0.464. The Balaban J connectivity index is 3.48. The van der Waals surface area contributed by atoms with E-state index in [9.17, 15) is 0 Å². The molecule has 0 amide bonds. The number of hydrogen-bond donors (Lipinski definition) is 1. The van der Waals surface area contributed by atoms with E-state index in [0.29, 0.717) is 0 Å². The van der Waals surface area contributed by atoms with Crippen molar-refractivity contribution in [2.75, 3.05) is 0 Å². The molecular weight excluding hydrogens is 116 g/mol. The molecule has 1 N–H and O–H groups in total. The third kappa shape index (κ3) is 3.97. The maximum absolute atomic E-state index is 8.89. The van der Waals surface area contributed by atoms with Gasteiger partial charge in [-0.25, -0.2) is 0 Å². The van der Waals surface area contributed by atoms with E-state index in [-0.39, 0.29) is 6.04 Å². The van der Waals surface area contributed by atoms with Gasteiger partial charge in [-0.1, -0.05) is 6.92 Å². The lowest BCUT2D eigenvalue weighted by atomic mass is 10.4. The molecule has 0 aliphatic rings. The van der Waals surface area contributed by atoms with Gasteiger partial charge in [0.2, 0.25) is 0 Å². The Kier molecular flexibility index (Phi) is 4.05. The summed E-state index contributed by atoms with van der Waals surface area (Å²) in [5.41, 5.74) is 0. The first kappa shape index (κ1) is 8.43. The Hall–Kier alpha value is -0.570. The second-order valence-corrected chi connectivity index (χ2v) is 2.12. The molecule has 0 aromatic heterocycles. The Bertz CT molecular complexity index is 91.1. The van der Waals surface area contributed by atoms with Gasteiger partial charge in [-0.2, -0.15) is 10.3 Å². The summed E-state index contributed by atoms with van der Waals surface area (Å²) in [5.74, 6) is 0. The Morgan fingerprint density at radius 2 is 2.22 bits per heavy atom. The average Bonchev–Trinajstić information content (AvgIpc) is 1.82. The molecule has 9 heavy (non-hydrogen) atoms. The molecule has 3 nitrogen and oxygen atoms in total. The summed E-state index contributed by atoms with van der Waals surface area (Å²) in [4.78, 5) is 0. The molecule has 0 saturated heterocycles. The van der Waals surface area contributed by atoms with Crippen LogP contribution in [0.5, 0.6) is 0 Å². The molecule has 0 aliphatic heterocycles. The molecule has 3 heteroatoms. The third-order valence-corrected chi connectivity index (χ3v) is 0.844. The van der Waals surface area contributed by atoms with Gasteiger partial charge in [0.15, 0.2) is 0 Å². The summed E-state index contributed by atoms with van der Waals surface area (Å²) >= 11 is 0. The maximum atomic E-state index is 8.89. The molecule has 0 aliphatic carbocycles. The minimum Gasteiger partial charge on any atom is -0.271 e. The Morgan fingerprint density at radius 1 is 1.67 bits per heavy atom. The summed E-state index contributed by atoms with van der Waals surface area (Å²) in [5, 5.41) is 13.5. The van der Waals surface area contributed by atoms with Gasteiger partial charge in [0.1, 0.15) is 0 Å². The van der Waals surface area contributed by atoms with Crippen molar-refractivity contribution in [3.63, 3.8) is 0 Å². The summed E-state index contributed by atoms with van der Waals surface area (Å²) in [6.07, 6.45) is 2.52. The van der Waals surface area contributed by atoms with Crippen LogP contribution in [0.25, 0.3) is 0 Å². The highest BCUT2D eigenvalue weighted by molar-refractivity contribution is 5.55. The van der Waals surface area contributed by atoms with Crippen molar-refractivity contribution in [2.45, 2.75) is 33.2 Å². The molecule has 0 atom stereocenters. The number of rotatable bonds is 3. The van der Waals surface area contributed by atoms with Crippen LogP contribution < -0.4 is 0 Å². The van der Waals surface area contributed by atoms with Crippen LogP contribution in [0.2, 0.25) is 0 Å². The van der Waals surface area contributed by atoms with Crippen LogP contribution in [-0.2, 0) is 0 Å². The largest absolute Gasteiger partial charge is 0.271 e. The van der Waals surface area contributed by atoms with Crippen molar-refractivity contribution in [1.29, 1.82) is 0 Å². The minimum absolute atomic E-state index is 0.0628. The molecule has 0 aromatic carbocycles. The van der Waals surface area contributed by atoms with Crippen LogP contribution >= 0.6 is 0 Å². The molecule has 0 aromatic rings. The highest BCUT2D eigenvalue weighted by atomic mass is 16.5. The first-order valence-electron chi connectivity index (χ1n) is 3.19. The van der Waals surface area contributed by atoms with Gasteiger partial charge in [-0.3, -0.25) is 5.21 Å². The fraction of sp³-hybridized carbons (Fsp3) is 0.833. The molecule has 0 unspecified atom stereocenters. The van der Waals surface area contributed by atoms with E-state index in [0.717, 1.165) is 11.6 Å². The summed E-state index contributed by atoms with van der Waals surface area (Å²) in [6, 6.07) is 0.0628. The van der Waals surface area contributed by atoms with Gasteiger partial charge in [-0.15, -0.1) is 0 Å². The van der Waals surface area contributed by atoms with Crippen molar-refractivity contribution in [3.8, 4) is 0 Å². The van der Waals surface area contributed by atoms with E-state index in [2.05, 4.69) is 5.10 Å². The summed E-state index contributed by atoms with van der Waals surface area (Å²) in [6.45, 7) is 5.71. The van der Waals surface area contributed by atoms with Crippen LogP contribution in [0, 0.1) is 0 Å². The van der Waals surface area contributed by atoms with Gasteiger partial charge in [-0.05, 0) is 20.3 Å². The lowest BCUT2D eigenvalue weighted by molar-refractivity contribution is -0.115. The average molecular weight is 130 g/mol. The maximum Gasteiger partial charge on any atom is 0.0699 e. The molecule has 0 fully saturated rings. The van der Waals surface area contributed by atoms with Gasteiger partial charge >= 0.3 is 0 Å². The fourth-order valence-corrected chi connectivity index (χ4v) is 0.299. The number of hydrazone groups is 1. The van der Waals surface area contributed by atoms with Crippen LogP contribution in [0.15, 0.2) is 5.10 Å². The van der Waals surface area contributed by atoms with E-state index in [1.807, 2.05) is 20.8 Å². The summed E-state index contributed by atoms with van der Waals surface area (Å²) in [7, 11) is 0. The van der Waals surface area contributed by atoms with Gasteiger partial charge in [0, 0.05) is 6.21 Å². The highest BCUT2D eigenvalue weighted by Crippen LogP contribution is 1.91. The SMILES string of the molecule is CC/C=N\N(O)C(C)C. The molecule has 0 radical (unpaired) electrons. The van der Waals surface area contributed by atoms with Gasteiger partial charge < -0.3 is 0 Å². The van der Waals surface area contributed by atoms with Crippen molar-refractivity contribution in [2.24, 2.45) is 5.10 Å². The predicted octanol–water partition coefficient (Wildman–Crippen LogP) is 1.48. The van der Waals surface area contributed by atoms with E-state index in [1.54, 1.807) is 6.21 Å². The van der Waals surface area contributed by atoms with Crippen molar-refractivity contribution >= 4 is 6.21 Å². The molecule has 54 valence electrons. The topological polar surface area (TPSA) is 35.8 Å². The summed E-state index contributed by atoms with van der Waals surface area (Å²) < 4.78 is 0. The second kappa shape index (κ2) is 4.32. The molecule has 0 heterocycles. The van der Waals surface area contributed by atoms with Crippen LogP contribution in [-0.4, -0.2) is 22.6 Å². The zero-order valence-corrected chi connectivity index (χ0v) is 6.20. The number of hydroxylamine groups is 1. The van der Waals surface area contributed by atoms with Gasteiger partial charge in [0.05, 0.1) is 6.04 Å². The smallest absolute Gasteiger partial charge is 0.0699 e. The lowest BCUT2D eigenvalue weighted by Crippen LogP contribution is -2.20. The van der Waals surface area contributed by atoms with Crippen LogP contribution in [0.1, 0.15) is 27.2 Å². The first-order chi connectivity index (χ1) is 4.18. The normalized spacial score (nSPS) is 11.2. The zero-order chi connectivity index (χ0) is 7.28. The fourth-order valence-electron chi connectivity index (χ4n) is 0.299. The van der Waals surface area contributed by atoms with Crippen LogP contribution in [0.4, 0.5) is 0 Å². The minimum atomic E-state index is 0.0628. The molecule has 0 spiro atoms. The van der Waals surface area contributed by atoms with E-state index in [1.165, 1.54) is 0 Å². The van der Waals surface area contributed by atoms with Crippen molar-refractivity contribution in [1.82, 2.24) is 5.17 Å². The second-order valence-electron chi connectivity index (χ2n) is 2.12. The van der Waals surface area contributed by atoms with Crippen molar-refractivity contribution in [3.05, 3.63) is 0 Å². The molecule has 0 rings (SSSR count). The van der Waals surface area contributed by atoms with Crippen molar-refractivity contribution < 1.29 is 5.21 Å². The first-order valence-corrected chi connectivity index (χ1v) is 3.19. The zero-order valence-electron chi connectivity index (χ0n) is 6.20. The Morgan fingerprint density at radius 3 is 2.56 bits per heavy atom. The molecule has 0 saturated carbocycles. The van der Waals surface area contributed by atoms with Gasteiger partial charge in [0.25, 0.3) is 0 Å². The highest BCUT2D eigenvalue weighted by Gasteiger charge is 1.97. The van der Waals surface area contributed by atoms with E-state index in [4.69, 9.17) is 5.21 Å². The van der Waals surface area contributed by atoms with E-state index >= 15 is 0 Å². The third-order valence-electron chi connectivity index (χ3n) is 0.844. The monoisotopic (exact) mass is 130 g/mol. The predicted molar refractivity (Wildman–Crippen MR) is 37.5 cm³/mol. The molecule has 0 bridgehead atoms. The lowest BCUT2D eigenvalue weighted by Gasteiger charge is -2.13. The van der Waals surface area contributed by atoms with Crippen LogP contribution in [0.3, 0.4) is 0 Å². The number of nitrogens with zero attached hydrogens (tertiary/aromatic N) is 2. The number of hydrogen-bond acceptors (Lipinski definition) is 3. The standard InChI is InChI=1S/C6H14N2O/c1-4-5-7-8(9)6(2)3/h5-6,9H,4H2,1-3H3/b7-5-. The molecular formula is C6H14N2O. The Labute approximate surface area is 55.9 Å².